The Morgan fingerprint density at radius 3 is 1.94 bits per heavy atom. The summed E-state index contributed by atoms with van der Waals surface area (Å²) in [5.74, 6) is 0. The molecule has 2 heterocycles. The van der Waals surface area contributed by atoms with Gasteiger partial charge in [0.15, 0.2) is 0 Å². The molecule has 0 saturated carbocycles. The number of ether oxygens (including phenoxy) is 2. The summed E-state index contributed by atoms with van der Waals surface area (Å²) in [6.45, 7) is 5.09. The molecule has 0 aliphatic carbocycles. The molecule has 0 atom stereocenters. The minimum absolute atomic E-state index is 0.293. The molecule has 0 unspecified atom stereocenters. The second-order valence-electron chi connectivity index (χ2n) is 4.48. The van der Waals surface area contributed by atoms with Crippen molar-refractivity contribution in [1.29, 1.82) is 0 Å². The first-order valence-electron chi connectivity index (χ1n) is 6.14. The first-order chi connectivity index (χ1) is 8.45. The van der Waals surface area contributed by atoms with E-state index in [4.69, 9.17) is 9.47 Å². The van der Waals surface area contributed by atoms with Crippen LogP contribution in [-0.4, -0.2) is 49.6 Å². The molecule has 0 radical (unpaired) electrons. The van der Waals surface area contributed by atoms with E-state index in [2.05, 4.69) is 40.1 Å². The van der Waals surface area contributed by atoms with Gasteiger partial charge < -0.3 is 9.47 Å². The van der Waals surface area contributed by atoms with Crippen LogP contribution in [0.5, 0.6) is 0 Å². The predicted molar refractivity (Wildman–Crippen MR) is 64.2 cm³/mol. The Bertz CT molecular complexity index is 330. The number of nitrogens with zero attached hydrogens (tertiary/aromatic N) is 2. The maximum Gasteiger partial charge on any atom is 0.101 e. The molecule has 0 amide bonds. The highest BCUT2D eigenvalue weighted by Gasteiger charge is 2.31. The Morgan fingerprint density at radius 1 is 0.882 bits per heavy atom. The summed E-state index contributed by atoms with van der Waals surface area (Å²) in [5, 5.41) is 0. The van der Waals surface area contributed by atoms with Crippen LogP contribution in [-0.2, 0) is 9.47 Å². The highest BCUT2D eigenvalue weighted by molar-refractivity contribution is 5.19. The van der Waals surface area contributed by atoms with Gasteiger partial charge in [-0.3, -0.25) is 9.80 Å². The van der Waals surface area contributed by atoms with Crippen molar-refractivity contribution in [3.8, 4) is 0 Å². The molecule has 3 rings (SSSR count). The van der Waals surface area contributed by atoms with Gasteiger partial charge in [0.05, 0.1) is 19.4 Å². The summed E-state index contributed by atoms with van der Waals surface area (Å²) >= 11 is 0. The third kappa shape index (κ3) is 2.35. The highest BCUT2D eigenvalue weighted by atomic mass is 16.5. The lowest BCUT2D eigenvalue weighted by molar-refractivity contribution is 0.0110. The van der Waals surface area contributed by atoms with Gasteiger partial charge in [0.25, 0.3) is 0 Å². The molecule has 17 heavy (non-hydrogen) atoms. The molecule has 2 saturated heterocycles. The van der Waals surface area contributed by atoms with E-state index in [1.807, 2.05) is 0 Å². The normalized spacial score (nSPS) is 22.6. The SMILES string of the molecule is c1ccc(C(N2CCOC2)N2CCOC2)cc1. The van der Waals surface area contributed by atoms with Crippen molar-refractivity contribution < 1.29 is 9.47 Å². The zero-order valence-corrected chi connectivity index (χ0v) is 9.92. The Hall–Kier alpha value is -0.940. The van der Waals surface area contributed by atoms with Gasteiger partial charge in [0.2, 0.25) is 0 Å². The molecule has 1 aromatic carbocycles. The topological polar surface area (TPSA) is 24.9 Å². The summed E-state index contributed by atoms with van der Waals surface area (Å²) in [4.78, 5) is 4.73. The van der Waals surface area contributed by atoms with Crippen LogP contribution >= 0.6 is 0 Å². The van der Waals surface area contributed by atoms with Crippen LogP contribution in [0.2, 0.25) is 0 Å². The first-order valence-corrected chi connectivity index (χ1v) is 6.14. The summed E-state index contributed by atoms with van der Waals surface area (Å²) in [5.41, 5.74) is 1.32. The molecule has 4 nitrogen and oxygen atoms in total. The van der Waals surface area contributed by atoms with Gasteiger partial charge in [-0.05, 0) is 5.56 Å². The molecule has 1 aromatic rings. The first kappa shape index (κ1) is 11.2. The number of benzene rings is 1. The van der Waals surface area contributed by atoms with Crippen LogP contribution in [0.15, 0.2) is 30.3 Å². The molecule has 92 valence electrons. The van der Waals surface area contributed by atoms with Gasteiger partial charge in [-0.25, -0.2) is 0 Å². The minimum Gasteiger partial charge on any atom is -0.365 e. The summed E-state index contributed by atoms with van der Waals surface area (Å²) < 4.78 is 11.0. The van der Waals surface area contributed by atoms with Crippen LogP contribution in [0.4, 0.5) is 0 Å². The van der Waals surface area contributed by atoms with Crippen molar-refractivity contribution in [2.45, 2.75) is 6.17 Å². The lowest BCUT2D eigenvalue weighted by Crippen LogP contribution is -2.39. The fraction of sp³-hybridized carbons (Fsp3) is 0.538. The maximum atomic E-state index is 5.48. The van der Waals surface area contributed by atoms with Gasteiger partial charge >= 0.3 is 0 Å². The van der Waals surface area contributed by atoms with E-state index in [0.717, 1.165) is 39.8 Å². The molecule has 0 aromatic heterocycles. The fourth-order valence-corrected chi connectivity index (χ4v) is 2.52. The smallest absolute Gasteiger partial charge is 0.101 e. The lowest BCUT2D eigenvalue weighted by Gasteiger charge is -2.33. The van der Waals surface area contributed by atoms with Crippen LogP contribution in [0.3, 0.4) is 0 Å². The molecular formula is C13H18N2O2. The van der Waals surface area contributed by atoms with E-state index in [1.54, 1.807) is 0 Å². The third-order valence-electron chi connectivity index (χ3n) is 3.35. The zero-order chi connectivity index (χ0) is 11.5. The van der Waals surface area contributed by atoms with Crippen molar-refractivity contribution in [3.63, 3.8) is 0 Å². The summed E-state index contributed by atoms with van der Waals surface area (Å²) in [6, 6.07) is 10.6. The standard InChI is InChI=1S/C13H18N2O2/c1-2-4-12(5-3-1)13(14-6-8-16-10-14)15-7-9-17-11-15/h1-5,13H,6-11H2. The van der Waals surface area contributed by atoms with E-state index >= 15 is 0 Å². The van der Waals surface area contributed by atoms with Crippen molar-refractivity contribution in [1.82, 2.24) is 9.80 Å². The lowest BCUT2D eigenvalue weighted by atomic mass is 10.1. The van der Waals surface area contributed by atoms with Crippen LogP contribution in [0.1, 0.15) is 11.7 Å². The van der Waals surface area contributed by atoms with Crippen molar-refractivity contribution >= 4 is 0 Å². The predicted octanol–water partition coefficient (Wildman–Crippen LogP) is 1.26. The van der Waals surface area contributed by atoms with Crippen LogP contribution in [0.25, 0.3) is 0 Å². The largest absolute Gasteiger partial charge is 0.365 e. The third-order valence-corrected chi connectivity index (χ3v) is 3.35. The van der Waals surface area contributed by atoms with Crippen molar-refractivity contribution in [3.05, 3.63) is 35.9 Å². The summed E-state index contributed by atoms with van der Waals surface area (Å²) in [7, 11) is 0. The monoisotopic (exact) mass is 234 g/mol. The van der Waals surface area contributed by atoms with Crippen molar-refractivity contribution in [2.24, 2.45) is 0 Å². The number of hydrogen-bond acceptors (Lipinski definition) is 4. The number of hydrogen-bond donors (Lipinski definition) is 0. The van der Waals surface area contributed by atoms with Gasteiger partial charge in [0, 0.05) is 13.1 Å². The van der Waals surface area contributed by atoms with E-state index < -0.39 is 0 Å². The van der Waals surface area contributed by atoms with E-state index in [1.165, 1.54) is 5.56 Å². The zero-order valence-electron chi connectivity index (χ0n) is 9.92. The Morgan fingerprint density at radius 2 is 1.47 bits per heavy atom. The molecule has 2 aliphatic heterocycles. The quantitative estimate of drug-likeness (QED) is 0.786. The van der Waals surface area contributed by atoms with Crippen molar-refractivity contribution in [2.75, 3.05) is 39.8 Å². The van der Waals surface area contributed by atoms with Crippen LogP contribution < -0.4 is 0 Å². The molecular weight excluding hydrogens is 216 g/mol. The highest BCUT2D eigenvalue weighted by Crippen LogP contribution is 2.27. The van der Waals surface area contributed by atoms with Gasteiger partial charge in [-0.2, -0.15) is 0 Å². The average Bonchev–Trinajstić information content (AvgIpc) is 3.04. The van der Waals surface area contributed by atoms with Gasteiger partial charge in [-0.15, -0.1) is 0 Å². The number of rotatable bonds is 3. The molecule has 0 N–H and O–H groups in total. The molecule has 2 aliphatic rings. The Balaban J connectivity index is 1.84. The Labute approximate surface area is 102 Å². The van der Waals surface area contributed by atoms with Gasteiger partial charge in [0.1, 0.15) is 13.5 Å². The second-order valence-corrected chi connectivity index (χ2v) is 4.48. The second kappa shape index (κ2) is 5.14. The molecule has 0 bridgehead atoms. The molecule has 4 heteroatoms. The van der Waals surface area contributed by atoms with Gasteiger partial charge in [-0.1, -0.05) is 30.3 Å². The fourth-order valence-electron chi connectivity index (χ4n) is 2.52. The molecule has 2 fully saturated rings. The average molecular weight is 234 g/mol. The van der Waals surface area contributed by atoms with Crippen LogP contribution in [0, 0.1) is 0 Å². The van der Waals surface area contributed by atoms with E-state index in [-0.39, 0.29) is 0 Å². The Kier molecular flexibility index (Phi) is 3.38. The van der Waals surface area contributed by atoms with E-state index in [9.17, 15) is 0 Å². The maximum absolute atomic E-state index is 5.48. The minimum atomic E-state index is 0.293. The molecule has 0 spiro atoms. The summed E-state index contributed by atoms with van der Waals surface area (Å²) in [6.07, 6.45) is 0.293. The van der Waals surface area contributed by atoms with E-state index in [0.29, 0.717) is 6.17 Å².